The van der Waals surface area contributed by atoms with Crippen molar-refractivity contribution in [1.29, 1.82) is 0 Å². The van der Waals surface area contributed by atoms with Gasteiger partial charge in [0.05, 0.1) is 11.1 Å². The van der Waals surface area contributed by atoms with E-state index < -0.39 is 5.41 Å². The minimum atomic E-state index is -0.452. The van der Waals surface area contributed by atoms with Gasteiger partial charge in [-0.2, -0.15) is 0 Å². The molecule has 1 aliphatic heterocycles. The Hall–Kier alpha value is -1.72. The Bertz CT molecular complexity index is 617. The number of benzene rings is 1. The van der Waals surface area contributed by atoms with E-state index in [1.54, 1.807) is 0 Å². The van der Waals surface area contributed by atoms with E-state index >= 15 is 0 Å². The first-order valence-electron chi connectivity index (χ1n) is 7.20. The maximum absolute atomic E-state index is 12.9. The van der Waals surface area contributed by atoms with Gasteiger partial charge in [-0.15, -0.1) is 11.3 Å². The lowest BCUT2D eigenvalue weighted by molar-refractivity contribution is -0.122. The predicted octanol–water partition coefficient (Wildman–Crippen LogP) is 2.71. The van der Waals surface area contributed by atoms with Crippen molar-refractivity contribution in [2.24, 2.45) is 0 Å². The highest BCUT2D eigenvalue weighted by atomic mass is 32.1. The van der Waals surface area contributed by atoms with Gasteiger partial charge in [0.15, 0.2) is 5.13 Å². The lowest BCUT2D eigenvalue weighted by Gasteiger charge is -2.36. The van der Waals surface area contributed by atoms with Gasteiger partial charge in [0.25, 0.3) is 0 Å². The summed E-state index contributed by atoms with van der Waals surface area (Å²) in [4.78, 5) is 17.3. The highest BCUT2D eigenvalue weighted by Crippen LogP contribution is 2.35. The van der Waals surface area contributed by atoms with Crippen LogP contribution in [-0.2, 0) is 10.2 Å². The fraction of sp³-hybridized carbons (Fsp3) is 0.375. The Morgan fingerprint density at radius 1 is 1.29 bits per heavy atom. The number of rotatable bonds is 3. The molecule has 0 bridgehead atoms. The third-order valence-electron chi connectivity index (χ3n) is 4.06. The topological polar surface area (TPSA) is 54.0 Å². The molecule has 0 radical (unpaired) electrons. The summed E-state index contributed by atoms with van der Waals surface area (Å²) in [6.45, 7) is 3.65. The quantitative estimate of drug-likeness (QED) is 0.916. The highest BCUT2D eigenvalue weighted by Gasteiger charge is 2.41. The Morgan fingerprint density at radius 3 is 2.62 bits per heavy atom. The summed E-state index contributed by atoms with van der Waals surface area (Å²) in [5, 5.41) is 8.99. The van der Waals surface area contributed by atoms with Gasteiger partial charge in [-0.25, -0.2) is 4.98 Å². The SMILES string of the molecule is Cc1csc(NC(=O)C2(c3ccccc3)CCNCC2)n1. The molecule has 1 aromatic heterocycles. The molecular formula is C16H19N3OS. The third-order valence-corrected chi connectivity index (χ3v) is 4.93. The van der Waals surface area contributed by atoms with Crippen LogP contribution in [0.25, 0.3) is 0 Å². The second-order valence-electron chi connectivity index (χ2n) is 5.45. The van der Waals surface area contributed by atoms with Gasteiger partial charge in [-0.1, -0.05) is 30.3 Å². The average molecular weight is 301 g/mol. The highest BCUT2D eigenvalue weighted by molar-refractivity contribution is 7.13. The van der Waals surface area contributed by atoms with E-state index in [0.29, 0.717) is 5.13 Å². The van der Waals surface area contributed by atoms with Crippen LogP contribution >= 0.6 is 11.3 Å². The molecule has 0 saturated carbocycles. The number of carbonyl (C=O) groups is 1. The smallest absolute Gasteiger partial charge is 0.236 e. The van der Waals surface area contributed by atoms with Crippen molar-refractivity contribution in [3.8, 4) is 0 Å². The van der Waals surface area contributed by atoms with Crippen molar-refractivity contribution in [1.82, 2.24) is 10.3 Å². The molecule has 0 aliphatic carbocycles. The summed E-state index contributed by atoms with van der Waals surface area (Å²) in [6, 6.07) is 10.1. The van der Waals surface area contributed by atoms with Gasteiger partial charge in [-0.05, 0) is 38.4 Å². The Kier molecular flexibility index (Phi) is 4.03. The fourth-order valence-corrected chi connectivity index (χ4v) is 3.57. The fourth-order valence-electron chi connectivity index (χ4n) is 2.89. The zero-order chi connectivity index (χ0) is 14.7. The summed E-state index contributed by atoms with van der Waals surface area (Å²) in [5.41, 5.74) is 1.58. The number of hydrogen-bond acceptors (Lipinski definition) is 4. The maximum Gasteiger partial charge on any atom is 0.236 e. The molecule has 0 spiro atoms. The normalized spacial score (nSPS) is 17.4. The van der Waals surface area contributed by atoms with Gasteiger partial charge in [-0.3, -0.25) is 4.79 Å². The van der Waals surface area contributed by atoms with Crippen molar-refractivity contribution in [2.75, 3.05) is 18.4 Å². The van der Waals surface area contributed by atoms with E-state index in [9.17, 15) is 4.79 Å². The van der Waals surface area contributed by atoms with Crippen LogP contribution in [0.2, 0.25) is 0 Å². The number of thiazole rings is 1. The first-order valence-corrected chi connectivity index (χ1v) is 8.08. The number of amides is 1. The first-order chi connectivity index (χ1) is 10.2. The molecule has 1 saturated heterocycles. The first kappa shape index (κ1) is 14.2. The van der Waals surface area contributed by atoms with E-state index in [1.807, 2.05) is 30.5 Å². The molecule has 2 heterocycles. The van der Waals surface area contributed by atoms with Crippen molar-refractivity contribution in [3.63, 3.8) is 0 Å². The Labute approximate surface area is 128 Å². The summed E-state index contributed by atoms with van der Waals surface area (Å²) in [6.07, 6.45) is 1.63. The average Bonchev–Trinajstić information content (AvgIpc) is 2.94. The minimum absolute atomic E-state index is 0.0598. The number of aromatic nitrogens is 1. The molecule has 1 fully saturated rings. The molecule has 3 rings (SSSR count). The molecule has 1 aliphatic rings. The molecule has 2 N–H and O–H groups in total. The van der Waals surface area contributed by atoms with E-state index in [0.717, 1.165) is 37.2 Å². The summed E-state index contributed by atoms with van der Waals surface area (Å²) < 4.78 is 0. The number of anilines is 1. The standard InChI is InChI=1S/C16H19N3OS/c1-12-11-21-15(18-12)19-14(20)16(7-9-17-10-8-16)13-5-3-2-4-6-13/h2-6,11,17H,7-10H2,1H3,(H,18,19,20). The molecule has 1 amide bonds. The number of nitrogens with zero attached hydrogens (tertiary/aromatic N) is 1. The lowest BCUT2D eigenvalue weighted by Crippen LogP contribution is -2.48. The van der Waals surface area contributed by atoms with Crippen LogP contribution in [0.1, 0.15) is 24.1 Å². The largest absolute Gasteiger partial charge is 0.317 e. The molecule has 1 aromatic carbocycles. The van der Waals surface area contributed by atoms with Gasteiger partial charge in [0.1, 0.15) is 0 Å². The zero-order valence-corrected chi connectivity index (χ0v) is 12.9. The van der Waals surface area contributed by atoms with Crippen LogP contribution in [-0.4, -0.2) is 24.0 Å². The number of piperidine rings is 1. The van der Waals surface area contributed by atoms with Crippen molar-refractivity contribution in [3.05, 3.63) is 47.0 Å². The lowest BCUT2D eigenvalue weighted by atomic mass is 9.72. The van der Waals surface area contributed by atoms with E-state index in [2.05, 4.69) is 27.8 Å². The number of nitrogens with one attached hydrogen (secondary N) is 2. The monoisotopic (exact) mass is 301 g/mol. The van der Waals surface area contributed by atoms with Gasteiger partial charge < -0.3 is 10.6 Å². The maximum atomic E-state index is 12.9. The molecule has 0 atom stereocenters. The van der Waals surface area contributed by atoms with Crippen LogP contribution in [0.15, 0.2) is 35.7 Å². The zero-order valence-electron chi connectivity index (χ0n) is 12.1. The van der Waals surface area contributed by atoms with Crippen LogP contribution in [0.5, 0.6) is 0 Å². The van der Waals surface area contributed by atoms with E-state index in [1.165, 1.54) is 11.3 Å². The van der Waals surface area contributed by atoms with Crippen LogP contribution in [0.3, 0.4) is 0 Å². The van der Waals surface area contributed by atoms with E-state index in [-0.39, 0.29) is 5.91 Å². The summed E-state index contributed by atoms with van der Waals surface area (Å²) in [7, 11) is 0. The van der Waals surface area contributed by atoms with Crippen LogP contribution < -0.4 is 10.6 Å². The minimum Gasteiger partial charge on any atom is -0.317 e. The second-order valence-corrected chi connectivity index (χ2v) is 6.30. The second kappa shape index (κ2) is 5.95. The summed E-state index contributed by atoms with van der Waals surface area (Å²) >= 11 is 1.48. The van der Waals surface area contributed by atoms with Crippen molar-refractivity contribution < 1.29 is 4.79 Å². The van der Waals surface area contributed by atoms with Gasteiger partial charge >= 0.3 is 0 Å². The molecule has 2 aromatic rings. The van der Waals surface area contributed by atoms with Gasteiger partial charge in [0, 0.05) is 5.38 Å². The Morgan fingerprint density at radius 2 is 2.00 bits per heavy atom. The molecule has 21 heavy (non-hydrogen) atoms. The molecule has 0 unspecified atom stereocenters. The van der Waals surface area contributed by atoms with Crippen molar-refractivity contribution in [2.45, 2.75) is 25.2 Å². The Balaban J connectivity index is 1.90. The predicted molar refractivity (Wildman–Crippen MR) is 85.7 cm³/mol. The molecule has 4 nitrogen and oxygen atoms in total. The molecule has 5 heteroatoms. The molecular weight excluding hydrogens is 282 g/mol. The number of aryl methyl sites for hydroxylation is 1. The van der Waals surface area contributed by atoms with Crippen LogP contribution in [0.4, 0.5) is 5.13 Å². The molecule has 110 valence electrons. The number of carbonyl (C=O) groups excluding carboxylic acids is 1. The summed E-state index contributed by atoms with van der Waals surface area (Å²) in [5.74, 6) is 0.0598. The third kappa shape index (κ3) is 2.84. The number of hydrogen-bond donors (Lipinski definition) is 2. The van der Waals surface area contributed by atoms with Crippen molar-refractivity contribution >= 4 is 22.4 Å². The van der Waals surface area contributed by atoms with Crippen LogP contribution in [0, 0.1) is 6.92 Å². The van der Waals surface area contributed by atoms with E-state index in [4.69, 9.17) is 0 Å². The van der Waals surface area contributed by atoms with Gasteiger partial charge in [0.2, 0.25) is 5.91 Å².